The molecule has 2 aromatic rings. The van der Waals surface area contributed by atoms with Crippen LogP contribution in [0.4, 0.5) is 10.1 Å². The summed E-state index contributed by atoms with van der Waals surface area (Å²) in [4.78, 5) is 25.9. The molecule has 1 unspecified atom stereocenters. The maximum atomic E-state index is 13.3. The van der Waals surface area contributed by atoms with Crippen molar-refractivity contribution in [2.75, 3.05) is 4.90 Å². The third-order valence-corrected chi connectivity index (χ3v) is 5.42. The van der Waals surface area contributed by atoms with E-state index in [1.807, 2.05) is 6.07 Å². The third kappa shape index (κ3) is 3.97. The molecular formula is C19H13ClFN3O2S. The van der Waals surface area contributed by atoms with Crippen LogP contribution in [0.25, 0.3) is 0 Å². The number of nitrogens with zero attached hydrogens (tertiary/aromatic N) is 2. The molecule has 5 nitrogen and oxygen atoms in total. The summed E-state index contributed by atoms with van der Waals surface area (Å²) in [7, 11) is 0. The minimum Gasteiger partial charge on any atom is -0.365 e. The smallest absolute Gasteiger partial charge is 0.262 e. The highest BCUT2D eigenvalue weighted by Crippen LogP contribution is 2.41. The molecule has 0 aliphatic carbocycles. The summed E-state index contributed by atoms with van der Waals surface area (Å²) in [5.41, 5.74) is 6.19. The van der Waals surface area contributed by atoms with Gasteiger partial charge in [0.05, 0.1) is 5.25 Å². The molecule has 0 bridgehead atoms. The van der Waals surface area contributed by atoms with Gasteiger partial charge in [0.25, 0.3) is 5.91 Å². The molecule has 136 valence electrons. The number of rotatable bonds is 4. The molecule has 0 saturated carbocycles. The first-order valence-corrected chi connectivity index (χ1v) is 9.11. The molecule has 2 N–H and O–H groups in total. The normalized spacial score (nSPS) is 18.3. The minimum absolute atomic E-state index is 0.147. The first-order valence-electron chi connectivity index (χ1n) is 7.85. The summed E-state index contributed by atoms with van der Waals surface area (Å²) >= 11 is 7.08. The van der Waals surface area contributed by atoms with Crippen molar-refractivity contribution in [2.24, 2.45) is 5.73 Å². The Morgan fingerprint density at radius 2 is 2.00 bits per heavy atom. The number of nitrogens with two attached hydrogens (primary N) is 1. The van der Waals surface area contributed by atoms with Crippen molar-refractivity contribution in [3.8, 4) is 6.07 Å². The number of carbonyl (C=O) groups is 2. The van der Waals surface area contributed by atoms with Gasteiger partial charge in [-0.3, -0.25) is 14.5 Å². The fourth-order valence-electron chi connectivity index (χ4n) is 2.70. The number of thioether (sulfide) groups is 1. The predicted molar refractivity (Wildman–Crippen MR) is 102 cm³/mol. The monoisotopic (exact) mass is 401 g/mol. The Balaban J connectivity index is 2.03. The van der Waals surface area contributed by atoms with Crippen molar-refractivity contribution in [1.82, 2.24) is 0 Å². The fourth-order valence-corrected chi connectivity index (χ4v) is 4.23. The summed E-state index contributed by atoms with van der Waals surface area (Å²) in [6.45, 7) is 0. The van der Waals surface area contributed by atoms with Crippen LogP contribution in [-0.4, -0.2) is 17.1 Å². The summed E-state index contributed by atoms with van der Waals surface area (Å²) in [5.74, 6) is -1.71. The zero-order valence-electron chi connectivity index (χ0n) is 13.9. The van der Waals surface area contributed by atoms with Crippen LogP contribution >= 0.6 is 23.4 Å². The van der Waals surface area contributed by atoms with E-state index in [1.165, 1.54) is 29.2 Å². The second kappa shape index (κ2) is 7.82. The lowest BCUT2D eigenvalue weighted by Crippen LogP contribution is -2.31. The Morgan fingerprint density at radius 3 is 2.59 bits per heavy atom. The zero-order chi connectivity index (χ0) is 19.6. The molecule has 27 heavy (non-hydrogen) atoms. The van der Waals surface area contributed by atoms with E-state index in [-0.39, 0.29) is 16.5 Å². The standard InChI is InChI=1S/C19H13ClFN3O2S/c20-12-3-1-2-11(8-12)9-16-18(26)24(14-6-4-13(21)5-7-14)19(27-16)15(10-22)17(23)25/h1-8,16H,9H2,(H2,23,25). The van der Waals surface area contributed by atoms with E-state index in [4.69, 9.17) is 17.3 Å². The van der Waals surface area contributed by atoms with Crippen molar-refractivity contribution in [2.45, 2.75) is 11.7 Å². The van der Waals surface area contributed by atoms with E-state index in [9.17, 15) is 19.2 Å². The molecule has 1 saturated heterocycles. The molecule has 2 aromatic carbocycles. The first kappa shape index (κ1) is 19.0. The van der Waals surface area contributed by atoms with Gasteiger partial charge in [-0.15, -0.1) is 0 Å². The number of halogens is 2. The van der Waals surface area contributed by atoms with Crippen LogP contribution < -0.4 is 10.6 Å². The molecule has 8 heteroatoms. The molecule has 0 aromatic heterocycles. The predicted octanol–water partition coefficient (Wildman–Crippen LogP) is 3.39. The van der Waals surface area contributed by atoms with Crippen LogP contribution in [0.1, 0.15) is 5.56 Å². The van der Waals surface area contributed by atoms with Crippen LogP contribution in [0, 0.1) is 17.1 Å². The maximum absolute atomic E-state index is 13.3. The highest BCUT2D eigenvalue weighted by Gasteiger charge is 2.40. The Labute approximate surface area is 164 Å². The number of amides is 2. The quantitative estimate of drug-likeness (QED) is 0.628. The summed E-state index contributed by atoms with van der Waals surface area (Å²) < 4.78 is 13.3. The van der Waals surface area contributed by atoms with Gasteiger partial charge in [0.1, 0.15) is 22.5 Å². The second-order valence-corrected chi connectivity index (χ2v) is 7.37. The second-order valence-electron chi connectivity index (χ2n) is 5.75. The summed E-state index contributed by atoms with van der Waals surface area (Å²) in [6, 6.07) is 14.1. The Hall–Kier alpha value is -2.82. The van der Waals surface area contributed by atoms with Crippen molar-refractivity contribution in [1.29, 1.82) is 5.26 Å². The van der Waals surface area contributed by atoms with Crippen LogP contribution in [-0.2, 0) is 16.0 Å². The molecule has 0 spiro atoms. The highest BCUT2D eigenvalue weighted by molar-refractivity contribution is 8.05. The van der Waals surface area contributed by atoms with E-state index in [2.05, 4.69) is 0 Å². The number of anilines is 1. The molecule has 1 aliphatic heterocycles. The van der Waals surface area contributed by atoms with Gasteiger partial charge in [-0.2, -0.15) is 5.26 Å². The Kier molecular flexibility index (Phi) is 5.49. The molecule has 1 heterocycles. The molecular weight excluding hydrogens is 389 g/mol. The van der Waals surface area contributed by atoms with E-state index in [1.54, 1.807) is 24.3 Å². The van der Waals surface area contributed by atoms with Gasteiger partial charge in [0, 0.05) is 10.7 Å². The number of hydrogen-bond acceptors (Lipinski definition) is 4. The highest BCUT2D eigenvalue weighted by atomic mass is 35.5. The number of primary amides is 1. The average Bonchev–Trinajstić information content (AvgIpc) is 2.92. The largest absolute Gasteiger partial charge is 0.365 e. The van der Waals surface area contributed by atoms with Gasteiger partial charge in [-0.1, -0.05) is 35.5 Å². The van der Waals surface area contributed by atoms with Crippen LogP contribution in [0.15, 0.2) is 59.1 Å². The summed E-state index contributed by atoms with van der Waals surface area (Å²) in [5, 5.41) is 9.44. The van der Waals surface area contributed by atoms with Crippen LogP contribution in [0.5, 0.6) is 0 Å². The minimum atomic E-state index is -0.927. The van der Waals surface area contributed by atoms with E-state index < -0.39 is 17.0 Å². The van der Waals surface area contributed by atoms with Crippen LogP contribution in [0.2, 0.25) is 5.02 Å². The van der Waals surface area contributed by atoms with Crippen molar-refractivity contribution >= 4 is 40.9 Å². The SMILES string of the molecule is N#CC(C(N)=O)=C1SC(Cc2cccc(Cl)c2)C(=O)N1c1ccc(F)cc1. The lowest BCUT2D eigenvalue weighted by Gasteiger charge is -2.18. The van der Waals surface area contributed by atoms with Crippen LogP contribution in [0.3, 0.4) is 0 Å². The van der Waals surface area contributed by atoms with E-state index in [0.29, 0.717) is 17.1 Å². The number of hydrogen-bond donors (Lipinski definition) is 1. The zero-order valence-corrected chi connectivity index (χ0v) is 15.4. The van der Waals surface area contributed by atoms with Crippen molar-refractivity contribution in [3.63, 3.8) is 0 Å². The lowest BCUT2D eigenvalue weighted by molar-refractivity contribution is -0.117. The molecule has 1 atom stereocenters. The molecule has 2 amide bonds. The molecule has 1 aliphatic rings. The topological polar surface area (TPSA) is 87.2 Å². The van der Waals surface area contributed by atoms with Gasteiger partial charge in [-0.05, 0) is 48.4 Å². The van der Waals surface area contributed by atoms with Gasteiger partial charge in [0.2, 0.25) is 5.91 Å². The molecule has 3 rings (SSSR count). The van der Waals surface area contributed by atoms with Crippen molar-refractivity contribution < 1.29 is 14.0 Å². The average molecular weight is 402 g/mol. The summed E-state index contributed by atoms with van der Waals surface area (Å²) in [6.07, 6.45) is 0.350. The molecule has 0 radical (unpaired) electrons. The van der Waals surface area contributed by atoms with Crippen molar-refractivity contribution in [3.05, 3.63) is 75.5 Å². The maximum Gasteiger partial charge on any atom is 0.262 e. The third-order valence-electron chi connectivity index (χ3n) is 3.92. The number of benzene rings is 2. The Morgan fingerprint density at radius 1 is 1.30 bits per heavy atom. The van der Waals surface area contributed by atoms with Gasteiger partial charge < -0.3 is 5.73 Å². The lowest BCUT2D eigenvalue weighted by atomic mass is 10.1. The first-order chi connectivity index (χ1) is 12.9. The molecule has 1 fully saturated rings. The van der Waals surface area contributed by atoms with E-state index >= 15 is 0 Å². The Bertz CT molecular complexity index is 985. The number of nitriles is 1. The van der Waals surface area contributed by atoms with Gasteiger partial charge in [-0.25, -0.2) is 4.39 Å². The van der Waals surface area contributed by atoms with Gasteiger partial charge >= 0.3 is 0 Å². The van der Waals surface area contributed by atoms with Gasteiger partial charge in [0.15, 0.2) is 0 Å². The van der Waals surface area contributed by atoms with E-state index in [0.717, 1.165) is 17.3 Å². The number of carbonyl (C=O) groups excluding carboxylic acids is 2. The fraction of sp³-hybridized carbons (Fsp3) is 0.105.